The van der Waals surface area contributed by atoms with Gasteiger partial charge in [-0.15, -0.1) is 0 Å². The highest BCUT2D eigenvalue weighted by atomic mass is 16.8. The van der Waals surface area contributed by atoms with Crippen LogP contribution < -0.4 is 0 Å². The first-order valence-corrected chi connectivity index (χ1v) is 14.4. The highest BCUT2D eigenvalue weighted by molar-refractivity contribution is 6.04. The maximum Gasteiger partial charge on any atom is 0.259 e. The van der Waals surface area contributed by atoms with Gasteiger partial charge in [0.2, 0.25) is 5.78 Å². The summed E-state index contributed by atoms with van der Waals surface area (Å²) in [6, 6.07) is 29.9. The Kier molecular flexibility index (Phi) is 8.76. The Balaban J connectivity index is 1.29. The molecule has 1 spiro atoms. The fraction of sp³-hybridized carbons (Fsp3) is 0.343. The molecular formula is C35H36O7. The van der Waals surface area contributed by atoms with Gasteiger partial charge in [-0.1, -0.05) is 103 Å². The number of ether oxygens (including phenoxy) is 6. The summed E-state index contributed by atoms with van der Waals surface area (Å²) in [5.41, 5.74) is 4.31. The smallest absolute Gasteiger partial charge is 0.259 e. The molecule has 2 heterocycles. The van der Waals surface area contributed by atoms with E-state index in [0.29, 0.717) is 31.0 Å². The van der Waals surface area contributed by atoms with Gasteiger partial charge in [-0.05, 0) is 41.7 Å². The molecule has 2 aliphatic heterocycles. The molecule has 0 N–H and O–H groups in total. The Morgan fingerprint density at radius 1 is 0.690 bits per heavy atom. The van der Waals surface area contributed by atoms with Crippen molar-refractivity contribution in [2.24, 2.45) is 0 Å². The monoisotopic (exact) mass is 568 g/mol. The lowest BCUT2D eigenvalue weighted by molar-refractivity contribution is -0.278. The number of carbonyl (C=O) groups is 1. The number of Topliss-reactive ketones (excluding diaryl/α,β-unsaturated/α-hetero) is 1. The van der Waals surface area contributed by atoms with Crippen molar-refractivity contribution in [2.75, 3.05) is 6.61 Å². The number of hydrogen-bond donors (Lipinski definition) is 0. The van der Waals surface area contributed by atoms with Crippen LogP contribution in [0.25, 0.3) is 0 Å². The molecule has 7 heteroatoms. The summed E-state index contributed by atoms with van der Waals surface area (Å²) in [6.45, 7) is 4.93. The fourth-order valence-electron chi connectivity index (χ4n) is 5.57. The fourth-order valence-corrected chi connectivity index (χ4v) is 5.57. The minimum absolute atomic E-state index is 0.235. The molecular weight excluding hydrogens is 532 g/mol. The molecule has 0 amide bonds. The third kappa shape index (κ3) is 6.03. The number of benzene rings is 3. The van der Waals surface area contributed by atoms with Gasteiger partial charge in [0.15, 0.2) is 6.29 Å². The Bertz CT molecular complexity index is 1400. The number of rotatable bonds is 10. The Morgan fingerprint density at radius 3 is 1.83 bits per heavy atom. The van der Waals surface area contributed by atoms with Gasteiger partial charge in [-0.25, -0.2) is 0 Å². The van der Waals surface area contributed by atoms with E-state index >= 15 is 0 Å². The lowest BCUT2D eigenvalue weighted by Crippen LogP contribution is -2.59. The van der Waals surface area contributed by atoms with Gasteiger partial charge in [0.1, 0.15) is 24.4 Å². The number of fused-ring (bicyclic) bond motifs is 1. The number of carbonyl (C=O) groups excluding carboxylic acids is 1. The SMILES string of the molecule is CC1=CC=C(C)[C@@]2(O[C@@H]3O[C@H](COCc4ccccc4)[C@@H](OCc4ccccc4)[C@H](OCc4ccccc4)[C@H]3O2)C1=O. The Morgan fingerprint density at radius 2 is 1.24 bits per heavy atom. The van der Waals surface area contributed by atoms with Crippen molar-refractivity contribution < 1.29 is 33.2 Å². The summed E-state index contributed by atoms with van der Waals surface area (Å²) in [6.07, 6.45) is 0.362. The quantitative estimate of drug-likeness (QED) is 0.311. The predicted octanol–water partition coefficient (Wildman–Crippen LogP) is 5.69. The summed E-state index contributed by atoms with van der Waals surface area (Å²) >= 11 is 0. The van der Waals surface area contributed by atoms with Crippen LogP contribution in [0.1, 0.15) is 30.5 Å². The second kappa shape index (κ2) is 12.8. The lowest BCUT2D eigenvalue weighted by Gasteiger charge is -2.42. The molecule has 3 aromatic rings. The summed E-state index contributed by atoms with van der Waals surface area (Å²) in [7, 11) is 0. The van der Waals surface area contributed by atoms with Crippen LogP contribution in [-0.2, 0) is 53.0 Å². The van der Waals surface area contributed by atoms with E-state index in [9.17, 15) is 4.79 Å². The minimum Gasteiger partial charge on any atom is -0.374 e. The van der Waals surface area contributed by atoms with E-state index < -0.39 is 36.5 Å². The zero-order chi connectivity index (χ0) is 28.9. The standard InChI is InChI=1S/C35H36O7/c1-24-18-19-25(2)35(33(24)36)41-32-31(39-22-28-16-10-5-11-17-28)30(38-21-27-14-8-4-9-15-27)29(40-34(32)42-35)23-37-20-26-12-6-3-7-13-26/h3-19,29-32,34H,20-23H2,1-2H3/t29-,30-,31+,32-,34+,35-/m1/s1. The summed E-state index contributed by atoms with van der Waals surface area (Å²) in [5.74, 6) is -1.80. The molecule has 42 heavy (non-hydrogen) atoms. The van der Waals surface area contributed by atoms with Crippen molar-refractivity contribution in [1.29, 1.82) is 0 Å². The second-order valence-corrected chi connectivity index (χ2v) is 10.9. The van der Waals surface area contributed by atoms with Gasteiger partial charge in [-0.2, -0.15) is 0 Å². The molecule has 218 valence electrons. The molecule has 7 nitrogen and oxygen atoms in total. The maximum atomic E-state index is 13.5. The highest BCUT2D eigenvalue weighted by Crippen LogP contribution is 2.45. The molecule has 0 saturated carbocycles. The molecule has 0 bridgehead atoms. The van der Waals surface area contributed by atoms with Crippen LogP contribution in [0, 0.1) is 0 Å². The van der Waals surface area contributed by atoms with E-state index in [0.717, 1.165) is 16.7 Å². The molecule has 6 rings (SSSR count). The zero-order valence-corrected chi connectivity index (χ0v) is 23.9. The van der Waals surface area contributed by atoms with Gasteiger partial charge in [0.05, 0.1) is 26.4 Å². The summed E-state index contributed by atoms with van der Waals surface area (Å²) in [5, 5.41) is 0. The molecule has 0 aromatic heterocycles. The normalized spacial score (nSPS) is 28.8. The minimum atomic E-state index is -1.56. The number of allylic oxidation sites excluding steroid dienone is 2. The molecule has 0 unspecified atom stereocenters. The van der Waals surface area contributed by atoms with Crippen LogP contribution in [0.4, 0.5) is 0 Å². The molecule has 6 atom stereocenters. The largest absolute Gasteiger partial charge is 0.374 e. The average Bonchev–Trinajstić information content (AvgIpc) is 3.42. The lowest BCUT2D eigenvalue weighted by atomic mass is 9.92. The van der Waals surface area contributed by atoms with E-state index in [4.69, 9.17) is 28.4 Å². The van der Waals surface area contributed by atoms with Crippen LogP contribution in [0.5, 0.6) is 0 Å². The highest BCUT2D eigenvalue weighted by Gasteiger charge is 2.62. The van der Waals surface area contributed by atoms with Crippen molar-refractivity contribution in [3.63, 3.8) is 0 Å². The topological polar surface area (TPSA) is 72.5 Å². The molecule has 2 saturated heterocycles. The van der Waals surface area contributed by atoms with Gasteiger partial charge < -0.3 is 28.4 Å². The average molecular weight is 569 g/mol. The van der Waals surface area contributed by atoms with Gasteiger partial charge in [0, 0.05) is 0 Å². The molecule has 2 fully saturated rings. The first-order valence-electron chi connectivity index (χ1n) is 14.4. The first-order chi connectivity index (χ1) is 20.5. The third-order valence-electron chi connectivity index (χ3n) is 7.90. The summed E-state index contributed by atoms with van der Waals surface area (Å²) < 4.78 is 38.8. The van der Waals surface area contributed by atoms with Crippen LogP contribution in [0.2, 0.25) is 0 Å². The second-order valence-electron chi connectivity index (χ2n) is 10.9. The van der Waals surface area contributed by atoms with Crippen molar-refractivity contribution in [2.45, 2.75) is 70.2 Å². The van der Waals surface area contributed by atoms with E-state index in [1.807, 2.05) is 104 Å². The van der Waals surface area contributed by atoms with Crippen LogP contribution in [0.3, 0.4) is 0 Å². The van der Waals surface area contributed by atoms with E-state index in [-0.39, 0.29) is 12.4 Å². The first kappa shape index (κ1) is 28.7. The van der Waals surface area contributed by atoms with Crippen LogP contribution in [-0.4, -0.2) is 48.9 Å². The Labute approximate surface area is 246 Å². The van der Waals surface area contributed by atoms with Crippen LogP contribution in [0.15, 0.2) is 114 Å². The predicted molar refractivity (Wildman–Crippen MR) is 156 cm³/mol. The maximum absolute atomic E-state index is 13.5. The Hall–Kier alpha value is -3.43. The number of ketones is 1. The van der Waals surface area contributed by atoms with E-state index in [1.165, 1.54) is 0 Å². The van der Waals surface area contributed by atoms with Crippen molar-refractivity contribution in [3.8, 4) is 0 Å². The van der Waals surface area contributed by atoms with Gasteiger partial charge in [0.25, 0.3) is 5.79 Å². The van der Waals surface area contributed by atoms with Crippen molar-refractivity contribution in [3.05, 3.63) is 131 Å². The van der Waals surface area contributed by atoms with Crippen molar-refractivity contribution in [1.82, 2.24) is 0 Å². The van der Waals surface area contributed by atoms with Crippen LogP contribution >= 0.6 is 0 Å². The molecule has 3 aliphatic rings. The van der Waals surface area contributed by atoms with E-state index in [1.54, 1.807) is 13.0 Å². The van der Waals surface area contributed by atoms with E-state index in [2.05, 4.69) is 0 Å². The molecule has 1 aliphatic carbocycles. The van der Waals surface area contributed by atoms with Gasteiger partial charge in [-0.3, -0.25) is 4.79 Å². The third-order valence-corrected chi connectivity index (χ3v) is 7.90. The summed E-state index contributed by atoms with van der Waals surface area (Å²) in [4.78, 5) is 13.5. The van der Waals surface area contributed by atoms with Crippen molar-refractivity contribution >= 4 is 5.78 Å². The molecule has 3 aromatic carbocycles. The van der Waals surface area contributed by atoms with Gasteiger partial charge >= 0.3 is 0 Å². The number of hydrogen-bond acceptors (Lipinski definition) is 7. The zero-order valence-electron chi connectivity index (χ0n) is 23.9. The molecule has 0 radical (unpaired) electrons.